The van der Waals surface area contributed by atoms with Crippen molar-refractivity contribution in [2.75, 3.05) is 13.1 Å². The van der Waals surface area contributed by atoms with Crippen molar-refractivity contribution in [3.05, 3.63) is 0 Å². The van der Waals surface area contributed by atoms with Gasteiger partial charge in [0, 0.05) is 5.54 Å². The molecule has 3 nitrogen and oxygen atoms in total. The first-order valence-corrected chi connectivity index (χ1v) is 3.80. The summed E-state index contributed by atoms with van der Waals surface area (Å²) in [7, 11) is 0. The minimum absolute atomic E-state index is 0.345. The molecular weight excluding hydrogens is 128 g/mol. The van der Waals surface area contributed by atoms with E-state index in [-0.39, 0.29) is 11.6 Å². The van der Waals surface area contributed by atoms with E-state index in [1.807, 2.05) is 6.92 Å². The highest BCUT2D eigenvalue weighted by Crippen LogP contribution is 2.15. The standard InChI is InChI=1S/C7H16N2O/c1-7(8)3-5-9-4-2-6(7)10/h6,9-10H,2-5,8H2,1H3/t6-,7-/m0/s1. The van der Waals surface area contributed by atoms with Gasteiger partial charge in [-0.3, -0.25) is 0 Å². The van der Waals surface area contributed by atoms with Crippen LogP contribution in [-0.2, 0) is 0 Å². The van der Waals surface area contributed by atoms with Crippen LogP contribution in [0.25, 0.3) is 0 Å². The van der Waals surface area contributed by atoms with E-state index in [4.69, 9.17) is 5.73 Å². The predicted octanol–water partition coefficient (Wildman–Crippen LogP) is -0.552. The van der Waals surface area contributed by atoms with Gasteiger partial charge in [0.05, 0.1) is 6.10 Å². The highest BCUT2D eigenvalue weighted by molar-refractivity contribution is 4.89. The van der Waals surface area contributed by atoms with Crippen molar-refractivity contribution in [1.82, 2.24) is 5.32 Å². The molecule has 0 aromatic heterocycles. The molecule has 1 heterocycles. The van der Waals surface area contributed by atoms with Gasteiger partial charge in [0.15, 0.2) is 0 Å². The Bertz CT molecular complexity index is 114. The zero-order valence-electron chi connectivity index (χ0n) is 6.43. The van der Waals surface area contributed by atoms with E-state index in [0.29, 0.717) is 0 Å². The van der Waals surface area contributed by atoms with Crippen LogP contribution in [0.5, 0.6) is 0 Å². The van der Waals surface area contributed by atoms with E-state index < -0.39 is 0 Å². The summed E-state index contributed by atoms with van der Waals surface area (Å²) >= 11 is 0. The van der Waals surface area contributed by atoms with Gasteiger partial charge in [-0.15, -0.1) is 0 Å². The van der Waals surface area contributed by atoms with Crippen LogP contribution in [0, 0.1) is 0 Å². The summed E-state index contributed by atoms with van der Waals surface area (Å²) in [4.78, 5) is 0. The number of rotatable bonds is 0. The summed E-state index contributed by atoms with van der Waals surface area (Å²) in [5.74, 6) is 0. The van der Waals surface area contributed by atoms with Crippen molar-refractivity contribution < 1.29 is 5.11 Å². The summed E-state index contributed by atoms with van der Waals surface area (Å²) in [6, 6.07) is 0. The zero-order chi connectivity index (χ0) is 7.61. The van der Waals surface area contributed by atoms with E-state index in [0.717, 1.165) is 25.9 Å². The van der Waals surface area contributed by atoms with Crippen LogP contribution in [-0.4, -0.2) is 29.8 Å². The predicted molar refractivity (Wildman–Crippen MR) is 40.7 cm³/mol. The summed E-state index contributed by atoms with van der Waals surface area (Å²) < 4.78 is 0. The quantitative estimate of drug-likeness (QED) is 0.427. The Morgan fingerprint density at radius 1 is 1.60 bits per heavy atom. The van der Waals surface area contributed by atoms with Crippen LogP contribution in [0.2, 0.25) is 0 Å². The van der Waals surface area contributed by atoms with Gasteiger partial charge in [0.25, 0.3) is 0 Å². The molecule has 0 amide bonds. The Morgan fingerprint density at radius 3 is 3.00 bits per heavy atom. The molecule has 0 spiro atoms. The number of hydrogen-bond acceptors (Lipinski definition) is 3. The van der Waals surface area contributed by atoms with Gasteiger partial charge in [-0.1, -0.05) is 0 Å². The first kappa shape index (κ1) is 7.98. The molecule has 0 radical (unpaired) electrons. The van der Waals surface area contributed by atoms with Crippen LogP contribution in [0.4, 0.5) is 0 Å². The third-order valence-corrected chi connectivity index (χ3v) is 2.20. The normalized spacial score (nSPS) is 42.9. The second-order valence-electron chi connectivity index (χ2n) is 3.31. The van der Waals surface area contributed by atoms with Crippen LogP contribution in [0.3, 0.4) is 0 Å². The van der Waals surface area contributed by atoms with Crippen LogP contribution >= 0.6 is 0 Å². The Hall–Kier alpha value is -0.120. The number of nitrogens with one attached hydrogen (secondary N) is 1. The zero-order valence-corrected chi connectivity index (χ0v) is 6.43. The second kappa shape index (κ2) is 2.86. The lowest BCUT2D eigenvalue weighted by Gasteiger charge is -2.27. The van der Waals surface area contributed by atoms with Crippen LogP contribution < -0.4 is 11.1 Å². The minimum Gasteiger partial charge on any atom is -0.391 e. The van der Waals surface area contributed by atoms with E-state index in [2.05, 4.69) is 5.32 Å². The van der Waals surface area contributed by atoms with E-state index >= 15 is 0 Å². The number of aliphatic hydroxyl groups is 1. The molecule has 0 unspecified atom stereocenters. The Labute approximate surface area is 61.6 Å². The maximum Gasteiger partial charge on any atom is 0.0729 e. The number of nitrogens with two attached hydrogens (primary N) is 1. The molecule has 10 heavy (non-hydrogen) atoms. The van der Waals surface area contributed by atoms with Crippen molar-refractivity contribution in [2.45, 2.75) is 31.4 Å². The fourth-order valence-corrected chi connectivity index (χ4v) is 1.22. The minimum atomic E-state index is -0.385. The Morgan fingerprint density at radius 2 is 2.30 bits per heavy atom. The third-order valence-electron chi connectivity index (χ3n) is 2.20. The molecular formula is C7H16N2O. The number of aliphatic hydroxyl groups excluding tert-OH is 1. The molecule has 1 aliphatic rings. The molecule has 0 aliphatic carbocycles. The van der Waals surface area contributed by atoms with Gasteiger partial charge in [-0.25, -0.2) is 0 Å². The van der Waals surface area contributed by atoms with E-state index in [1.54, 1.807) is 0 Å². The summed E-state index contributed by atoms with van der Waals surface area (Å²) in [6.07, 6.45) is 1.28. The molecule has 0 aromatic rings. The van der Waals surface area contributed by atoms with Gasteiger partial charge >= 0.3 is 0 Å². The second-order valence-corrected chi connectivity index (χ2v) is 3.31. The number of hydrogen-bond donors (Lipinski definition) is 3. The van der Waals surface area contributed by atoms with Crippen molar-refractivity contribution in [3.8, 4) is 0 Å². The molecule has 1 rings (SSSR count). The van der Waals surface area contributed by atoms with E-state index in [9.17, 15) is 5.11 Å². The Balaban J connectivity index is 2.52. The monoisotopic (exact) mass is 144 g/mol. The molecule has 1 fully saturated rings. The molecule has 2 atom stereocenters. The van der Waals surface area contributed by atoms with Crippen molar-refractivity contribution in [2.24, 2.45) is 5.73 Å². The molecule has 0 bridgehead atoms. The molecule has 1 saturated heterocycles. The van der Waals surface area contributed by atoms with Gasteiger partial charge in [-0.2, -0.15) is 0 Å². The fourth-order valence-electron chi connectivity index (χ4n) is 1.22. The molecule has 0 aromatic carbocycles. The summed E-state index contributed by atoms with van der Waals surface area (Å²) in [5, 5.41) is 12.6. The van der Waals surface area contributed by atoms with E-state index in [1.165, 1.54) is 0 Å². The third kappa shape index (κ3) is 1.68. The lowest BCUT2D eigenvalue weighted by molar-refractivity contribution is 0.0913. The summed E-state index contributed by atoms with van der Waals surface area (Å²) in [5.41, 5.74) is 5.45. The van der Waals surface area contributed by atoms with Gasteiger partial charge in [0.1, 0.15) is 0 Å². The largest absolute Gasteiger partial charge is 0.391 e. The molecule has 0 saturated carbocycles. The molecule has 60 valence electrons. The Kier molecular flexibility index (Phi) is 2.28. The first-order valence-electron chi connectivity index (χ1n) is 3.80. The average Bonchev–Trinajstić information content (AvgIpc) is 1.96. The smallest absolute Gasteiger partial charge is 0.0729 e. The van der Waals surface area contributed by atoms with Crippen LogP contribution in [0.1, 0.15) is 19.8 Å². The SMILES string of the molecule is C[C@]1(N)CCNCC[C@@H]1O. The van der Waals surface area contributed by atoms with Gasteiger partial charge < -0.3 is 16.2 Å². The highest BCUT2D eigenvalue weighted by atomic mass is 16.3. The van der Waals surface area contributed by atoms with Gasteiger partial charge in [0.2, 0.25) is 0 Å². The van der Waals surface area contributed by atoms with Crippen LogP contribution in [0.15, 0.2) is 0 Å². The first-order chi connectivity index (χ1) is 4.63. The lowest BCUT2D eigenvalue weighted by Crippen LogP contribution is -2.47. The molecule has 4 N–H and O–H groups in total. The molecule has 3 heteroatoms. The summed E-state index contributed by atoms with van der Waals surface area (Å²) in [6.45, 7) is 3.71. The highest BCUT2D eigenvalue weighted by Gasteiger charge is 2.29. The maximum absolute atomic E-state index is 9.45. The van der Waals surface area contributed by atoms with Gasteiger partial charge in [-0.05, 0) is 32.9 Å². The average molecular weight is 144 g/mol. The van der Waals surface area contributed by atoms with Crippen molar-refractivity contribution in [1.29, 1.82) is 0 Å². The lowest BCUT2D eigenvalue weighted by atomic mass is 9.91. The maximum atomic E-state index is 9.45. The topological polar surface area (TPSA) is 58.3 Å². The fraction of sp³-hybridized carbons (Fsp3) is 1.00. The van der Waals surface area contributed by atoms with Crippen molar-refractivity contribution >= 4 is 0 Å². The molecule has 1 aliphatic heterocycles. The van der Waals surface area contributed by atoms with Crippen molar-refractivity contribution in [3.63, 3.8) is 0 Å².